The molecular formula is C16H27FN2O3. The van der Waals surface area contributed by atoms with Gasteiger partial charge in [-0.15, -0.1) is 0 Å². The molecule has 0 bridgehead atoms. The summed E-state index contributed by atoms with van der Waals surface area (Å²) in [7, 11) is 0. The molecule has 5 nitrogen and oxygen atoms in total. The molecule has 0 aliphatic carbocycles. The van der Waals surface area contributed by atoms with Crippen LogP contribution in [-0.4, -0.2) is 41.4 Å². The summed E-state index contributed by atoms with van der Waals surface area (Å²) in [4.78, 5) is 25.6. The van der Waals surface area contributed by atoms with Crippen LogP contribution in [0.2, 0.25) is 0 Å². The van der Waals surface area contributed by atoms with Gasteiger partial charge in [0.15, 0.2) is 6.30 Å². The zero-order chi connectivity index (χ0) is 16.8. The molecule has 1 fully saturated rings. The molecule has 1 unspecified atom stereocenters. The number of likely N-dealkylation sites (tertiary alicyclic amines) is 1. The first kappa shape index (κ1) is 18.5. The van der Waals surface area contributed by atoms with Crippen LogP contribution in [0.4, 0.5) is 9.18 Å². The Morgan fingerprint density at radius 3 is 2.68 bits per heavy atom. The molecule has 22 heavy (non-hydrogen) atoms. The maximum atomic E-state index is 13.7. The number of hydrogen-bond donors (Lipinski definition) is 1. The van der Waals surface area contributed by atoms with Gasteiger partial charge in [0.1, 0.15) is 11.6 Å². The van der Waals surface area contributed by atoms with Gasteiger partial charge in [-0.2, -0.15) is 0 Å². The first-order valence-corrected chi connectivity index (χ1v) is 7.83. The number of carbonyl (C=O) groups is 2. The number of amides is 2. The molecule has 1 N–H and O–H groups in total. The molecule has 0 aromatic carbocycles. The fraction of sp³-hybridized carbons (Fsp3) is 0.750. The quantitative estimate of drug-likeness (QED) is 0.626. The summed E-state index contributed by atoms with van der Waals surface area (Å²) in [6.45, 7) is 7.73. The highest BCUT2D eigenvalue weighted by Gasteiger charge is 2.37. The van der Waals surface area contributed by atoms with Gasteiger partial charge in [-0.25, -0.2) is 9.18 Å². The highest BCUT2D eigenvalue weighted by Crippen LogP contribution is 2.21. The summed E-state index contributed by atoms with van der Waals surface area (Å²) >= 11 is 0. The molecule has 6 heteroatoms. The number of nitrogens with zero attached hydrogens (tertiary/aromatic N) is 1. The number of alkyl halides is 1. The largest absolute Gasteiger partial charge is 0.444 e. The van der Waals surface area contributed by atoms with Gasteiger partial charge in [0.2, 0.25) is 5.91 Å². The van der Waals surface area contributed by atoms with Crippen molar-refractivity contribution >= 4 is 12.0 Å². The van der Waals surface area contributed by atoms with Gasteiger partial charge in [-0.3, -0.25) is 9.69 Å². The van der Waals surface area contributed by atoms with E-state index in [2.05, 4.69) is 5.32 Å². The lowest BCUT2D eigenvalue weighted by atomic mass is 10.2. The molecule has 0 aromatic rings. The zero-order valence-corrected chi connectivity index (χ0v) is 13.9. The smallest absolute Gasteiger partial charge is 0.410 e. The molecule has 0 spiro atoms. The molecule has 126 valence electrons. The predicted molar refractivity (Wildman–Crippen MR) is 83.0 cm³/mol. The lowest BCUT2D eigenvalue weighted by molar-refractivity contribution is -0.127. The van der Waals surface area contributed by atoms with Gasteiger partial charge in [0, 0.05) is 13.0 Å². The van der Waals surface area contributed by atoms with Crippen LogP contribution < -0.4 is 5.32 Å². The van der Waals surface area contributed by atoms with Crippen LogP contribution in [0.15, 0.2) is 12.2 Å². The van der Waals surface area contributed by atoms with E-state index in [1.54, 1.807) is 26.8 Å². The lowest BCUT2D eigenvalue weighted by Gasteiger charge is -2.28. The standard InChI is InChI=1S/C16H27FN2O3/c1-5-6-7-10-13(17)18-14(20)12-9-8-11-19(12)15(21)22-16(2,3)4/h6-7,12-13H,5,8-11H2,1-4H3,(H,18,20)/b7-6-/t12-,13?/m0/s1. The van der Waals surface area contributed by atoms with E-state index in [0.717, 1.165) is 6.42 Å². The van der Waals surface area contributed by atoms with E-state index in [0.29, 0.717) is 19.4 Å². The normalized spacial score (nSPS) is 20.2. The van der Waals surface area contributed by atoms with Crippen LogP contribution in [0.5, 0.6) is 0 Å². The lowest BCUT2D eigenvalue weighted by Crippen LogP contribution is -2.49. The molecule has 1 saturated heterocycles. The van der Waals surface area contributed by atoms with Crippen LogP contribution in [-0.2, 0) is 9.53 Å². The number of halogens is 1. The number of carbonyl (C=O) groups excluding carboxylic acids is 2. The third-order valence-corrected chi connectivity index (χ3v) is 3.23. The summed E-state index contributed by atoms with van der Waals surface area (Å²) in [5, 5.41) is 2.32. The van der Waals surface area contributed by atoms with Crippen molar-refractivity contribution in [2.75, 3.05) is 6.54 Å². The fourth-order valence-corrected chi connectivity index (χ4v) is 2.27. The molecule has 2 atom stereocenters. The van der Waals surface area contributed by atoms with Crippen LogP contribution in [0.25, 0.3) is 0 Å². The van der Waals surface area contributed by atoms with E-state index in [1.165, 1.54) is 4.90 Å². The SMILES string of the molecule is CC/C=C\CC(F)NC(=O)[C@@H]1CCCN1C(=O)OC(C)(C)C. The van der Waals surface area contributed by atoms with Gasteiger partial charge in [0.05, 0.1) is 0 Å². The van der Waals surface area contributed by atoms with E-state index in [1.807, 2.05) is 13.0 Å². The monoisotopic (exact) mass is 314 g/mol. The Kier molecular flexibility index (Phi) is 6.84. The Hall–Kier alpha value is -1.59. The van der Waals surface area contributed by atoms with Crippen LogP contribution in [0.3, 0.4) is 0 Å². The third kappa shape index (κ3) is 6.03. The predicted octanol–water partition coefficient (Wildman–Crippen LogP) is 3.15. The first-order chi connectivity index (χ1) is 10.2. The molecule has 1 heterocycles. The van der Waals surface area contributed by atoms with Crippen molar-refractivity contribution in [3.63, 3.8) is 0 Å². The number of rotatable bonds is 5. The van der Waals surface area contributed by atoms with E-state index in [-0.39, 0.29) is 6.42 Å². The second-order valence-electron chi connectivity index (χ2n) is 6.42. The van der Waals surface area contributed by atoms with E-state index < -0.39 is 29.9 Å². The maximum Gasteiger partial charge on any atom is 0.410 e. The van der Waals surface area contributed by atoms with Gasteiger partial charge in [-0.05, 0) is 40.0 Å². The van der Waals surface area contributed by atoms with Gasteiger partial charge < -0.3 is 10.1 Å². The van der Waals surface area contributed by atoms with Crippen LogP contribution in [0, 0.1) is 0 Å². The average molecular weight is 314 g/mol. The second kappa shape index (κ2) is 8.15. The fourth-order valence-electron chi connectivity index (χ4n) is 2.27. The zero-order valence-electron chi connectivity index (χ0n) is 13.9. The van der Waals surface area contributed by atoms with Crippen molar-refractivity contribution in [2.24, 2.45) is 0 Å². The third-order valence-electron chi connectivity index (χ3n) is 3.23. The van der Waals surface area contributed by atoms with Crippen molar-refractivity contribution in [3.05, 3.63) is 12.2 Å². The molecular weight excluding hydrogens is 287 g/mol. The molecule has 2 amide bonds. The Bertz CT molecular complexity index is 418. The average Bonchev–Trinajstić information content (AvgIpc) is 2.86. The summed E-state index contributed by atoms with van der Waals surface area (Å²) in [6, 6.07) is -0.650. The minimum Gasteiger partial charge on any atom is -0.444 e. The molecule has 0 saturated carbocycles. The van der Waals surface area contributed by atoms with Crippen LogP contribution in [0.1, 0.15) is 53.4 Å². The van der Waals surface area contributed by atoms with E-state index in [4.69, 9.17) is 4.74 Å². The molecule has 0 aromatic heterocycles. The summed E-state index contributed by atoms with van der Waals surface area (Å²) in [5.41, 5.74) is -0.617. The second-order valence-corrected chi connectivity index (χ2v) is 6.42. The van der Waals surface area contributed by atoms with Crippen LogP contribution >= 0.6 is 0 Å². The highest BCUT2D eigenvalue weighted by atomic mass is 19.1. The van der Waals surface area contributed by atoms with Crippen molar-refractivity contribution < 1.29 is 18.7 Å². The number of hydrogen-bond acceptors (Lipinski definition) is 3. The highest BCUT2D eigenvalue weighted by molar-refractivity contribution is 5.86. The molecule has 1 aliphatic heterocycles. The van der Waals surface area contributed by atoms with Gasteiger partial charge in [0.25, 0.3) is 0 Å². The maximum absolute atomic E-state index is 13.7. The number of nitrogens with one attached hydrogen (secondary N) is 1. The summed E-state index contributed by atoms with van der Waals surface area (Å²) in [5.74, 6) is -0.458. The Morgan fingerprint density at radius 1 is 1.41 bits per heavy atom. The molecule has 0 radical (unpaired) electrons. The minimum atomic E-state index is -1.43. The summed E-state index contributed by atoms with van der Waals surface area (Å²) < 4.78 is 19.0. The Morgan fingerprint density at radius 2 is 2.09 bits per heavy atom. The van der Waals surface area contributed by atoms with Crippen molar-refractivity contribution in [2.45, 2.75) is 71.3 Å². The van der Waals surface area contributed by atoms with Crippen molar-refractivity contribution in [1.29, 1.82) is 0 Å². The van der Waals surface area contributed by atoms with Crippen molar-refractivity contribution in [3.8, 4) is 0 Å². The minimum absolute atomic E-state index is 0.138. The Balaban J connectivity index is 2.56. The molecule has 1 aliphatic rings. The summed E-state index contributed by atoms with van der Waals surface area (Å²) in [6.07, 6.45) is 3.80. The first-order valence-electron chi connectivity index (χ1n) is 7.83. The van der Waals surface area contributed by atoms with Gasteiger partial charge in [-0.1, -0.05) is 19.1 Å². The Labute approximate surface area is 131 Å². The number of ether oxygens (including phenoxy) is 1. The van der Waals surface area contributed by atoms with Gasteiger partial charge >= 0.3 is 6.09 Å². The topological polar surface area (TPSA) is 58.6 Å². The number of allylic oxidation sites excluding steroid dienone is 1. The van der Waals surface area contributed by atoms with E-state index in [9.17, 15) is 14.0 Å². The molecule has 1 rings (SSSR count). The van der Waals surface area contributed by atoms with Crippen molar-refractivity contribution in [1.82, 2.24) is 10.2 Å². The van der Waals surface area contributed by atoms with E-state index >= 15 is 0 Å².